The van der Waals surface area contributed by atoms with Crippen molar-refractivity contribution in [1.82, 2.24) is 4.57 Å². The lowest BCUT2D eigenvalue weighted by molar-refractivity contribution is 0.102. The van der Waals surface area contributed by atoms with E-state index in [1.165, 1.54) is 0 Å². The first-order chi connectivity index (χ1) is 13.5. The second kappa shape index (κ2) is 8.27. The minimum Gasteiger partial charge on any atom is -0.496 e. The predicted molar refractivity (Wildman–Crippen MR) is 111 cm³/mol. The average molecular weight is 380 g/mol. The Hall–Kier alpha value is -3.12. The number of rotatable bonds is 6. The zero-order chi connectivity index (χ0) is 20.3. The molecule has 0 bridgehead atoms. The Morgan fingerprint density at radius 3 is 2.43 bits per heavy atom. The normalized spacial score (nSPS) is 10.9. The van der Waals surface area contributed by atoms with Gasteiger partial charge in [-0.3, -0.25) is 9.59 Å². The zero-order valence-corrected chi connectivity index (χ0v) is 16.5. The number of anilines is 1. The minimum atomic E-state index is -0.232. The molecular formula is C22H24N2O4. The number of pyridine rings is 1. The van der Waals surface area contributed by atoms with Crippen LogP contribution < -0.4 is 15.6 Å². The number of carbonyl (C=O) groups is 1. The first-order valence-corrected chi connectivity index (χ1v) is 9.04. The van der Waals surface area contributed by atoms with Gasteiger partial charge in [0.1, 0.15) is 5.75 Å². The maximum Gasteiger partial charge on any atom is 0.258 e. The highest BCUT2D eigenvalue weighted by Crippen LogP contribution is 2.26. The quantitative estimate of drug-likeness (QED) is 0.710. The number of nitrogens with zero attached hydrogens (tertiary/aromatic N) is 1. The fourth-order valence-corrected chi connectivity index (χ4v) is 3.39. The highest BCUT2D eigenvalue weighted by Gasteiger charge is 2.13. The maximum atomic E-state index is 12.8. The number of aryl methyl sites for hydroxylation is 2. The van der Waals surface area contributed by atoms with Gasteiger partial charge in [0, 0.05) is 41.9 Å². The van der Waals surface area contributed by atoms with E-state index in [0.29, 0.717) is 35.2 Å². The lowest BCUT2D eigenvalue weighted by atomic mass is 10.0. The van der Waals surface area contributed by atoms with Crippen LogP contribution in [0.15, 0.2) is 47.4 Å². The molecule has 146 valence electrons. The van der Waals surface area contributed by atoms with E-state index in [1.807, 2.05) is 19.9 Å². The van der Waals surface area contributed by atoms with Gasteiger partial charge in [-0.15, -0.1) is 0 Å². The van der Waals surface area contributed by atoms with Gasteiger partial charge in [0.2, 0.25) is 0 Å². The predicted octanol–water partition coefficient (Wildman–Crippen LogP) is 3.53. The summed E-state index contributed by atoms with van der Waals surface area (Å²) in [6, 6.07) is 10.8. The zero-order valence-electron chi connectivity index (χ0n) is 16.5. The van der Waals surface area contributed by atoms with Crippen LogP contribution in [0.2, 0.25) is 0 Å². The highest BCUT2D eigenvalue weighted by atomic mass is 16.5. The van der Waals surface area contributed by atoms with E-state index in [9.17, 15) is 9.59 Å². The number of nitrogens with one attached hydrogen (secondary N) is 1. The Morgan fingerprint density at radius 1 is 1.07 bits per heavy atom. The van der Waals surface area contributed by atoms with Crippen LogP contribution in [0.4, 0.5) is 5.69 Å². The third-order valence-corrected chi connectivity index (χ3v) is 4.73. The fraction of sp³-hybridized carbons (Fsp3) is 0.273. The van der Waals surface area contributed by atoms with Crippen LogP contribution in [-0.2, 0) is 11.3 Å². The lowest BCUT2D eigenvalue weighted by Crippen LogP contribution is -2.22. The van der Waals surface area contributed by atoms with Crippen molar-refractivity contribution in [3.05, 3.63) is 69.6 Å². The number of aromatic nitrogens is 1. The standard InChI is InChI=1S/C22H24N2O4/c1-14-12-16(13-15(2)20(14)28-4)21(25)23-19-7-5-6-18-17(19)8-9-24(22(18)26)10-11-27-3/h5-9,12-13H,10-11H2,1-4H3,(H,23,25). The number of fused-ring (bicyclic) bond motifs is 1. The van der Waals surface area contributed by atoms with Crippen molar-refractivity contribution >= 4 is 22.4 Å². The van der Waals surface area contributed by atoms with Gasteiger partial charge in [-0.05, 0) is 55.3 Å². The molecule has 0 aliphatic heterocycles. The first kappa shape index (κ1) is 19.6. The second-order valence-electron chi connectivity index (χ2n) is 6.67. The Labute approximate surface area is 163 Å². The van der Waals surface area contributed by atoms with Crippen molar-refractivity contribution in [1.29, 1.82) is 0 Å². The van der Waals surface area contributed by atoms with Crippen molar-refractivity contribution in [2.75, 3.05) is 26.1 Å². The number of carbonyl (C=O) groups excluding carboxylic acids is 1. The third-order valence-electron chi connectivity index (χ3n) is 4.73. The van der Waals surface area contributed by atoms with Gasteiger partial charge < -0.3 is 19.4 Å². The molecule has 0 atom stereocenters. The van der Waals surface area contributed by atoms with Crippen molar-refractivity contribution < 1.29 is 14.3 Å². The van der Waals surface area contributed by atoms with E-state index in [4.69, 9.17) is 9.47 Å². The van der Waals surface area contributed by atoms with Crippen molar-refractivity contribution in [3.8, 4) is 5.75 Å². The molecule has 3 rings (SSSR count). The molecule has 0 saturated heterocycles. The summed E-state index contributed by atoms with van der Waals surface area (Å²) in [6.45, 7) is 4.75. The topological polar surface area (TPSA) is 69.6 Å². The van der Waals surface area contributed by atoms with Gasteiger partial charge in [0.25, 0.3) is 11.5 Å². The molecule has 1 heterocycles. The van der Waals surface area contributed by atoms with E-state index in [2.05, 4.69) is 5.32 Å². The van der Waals surface area contributed by atoms with Gasteiger partial charge in [-0.1, -0.05) is 6.07 Å². The van der Waals surface area contributed by atoms with Gasteiger partial charge in [0.15, 0.2) is 0 Å². The van der Waals surface area contributed by atoms with Crippen molar-refractivity contribution in [3.63, 3.8) is 0 Å². The second-order valence-corrected chi connectivity index (χ2v) is 6.67. The molecule has 0 radical (unpaired) electrons. The van der Waals surface area contributed by atoms with Crippen LogP contribution in [0.25, 0.3) is 10.8 Å². The molecule has 28 heavy (non-hydrogen) atoms. The monoisotopic (exact) mass is 380 g/mol. The molecule has 6 nitrogen and oxygen atoms in total. The van der Waals surface area contributed by atoms with Crippen molar-refractivity contribution in [2.24, 2.45) is 0 Å². The Kier molecular flexibility index (Phi) is 5.80. The minimum absolute atomic E-state index is 0.109. The largest absolute Gasteiger partial charge is 0.496 e. The summed E-state index contributed by atoms with van der Waals surface area (Å²) < 4.78 is 12.0. The van der Waals surface area contributed by atoms with Crippen LogP contribution in [0, 0.1) is 13.8 Å². The molecule has 0 aliphatic rings. The lowest BCUT2D eigenvalue weighted by Gasteiger charge is -2.13. The molecule has 0 unspecified atom stereocenters. The molecule has 0 saturated carbocycles. The Balaban J connectivity index is 1.95. The Morgan fingerprint density at radius 2 is 1.79 bits per heavy atom. The summed E-state index contributed by atoms with van der Waals surface area (Å²) >= 11 is 0. The molecule has 1 amide bonds. The number of methoxy groups -OCH3 is 2. The summed E-state index contributed by atoms with van der Waals surface area (Å²) in [7, 11) is 3.22. The molecule has 6 heteroatoms. The van der Waals surface area contributed by atoms with Crippen LogP contribution in [0.5, 0.6) is 5.75 Å². The molecule has 3 aromatic rings. The van der Waals surface area contributed by atoms with Crippen LogP contribution in [-0.4, -0.2) is 31.3 Å². The van der Waals surface area contributed by atoms with Crippen LogP contribution >= 0.6 is 0 Å². The third kappa shape index (κ3) is 3.77. The summed E-state index contributed by atoms with van der Waals surface area (Å²) in [5.41, 5.74) is 2.82. The maximum absolute atomic E-state index is 12.8. The highest BCUT2D eigenvalue weighted by molar-refractivity contribution is 6.09. The van der Waals surface area contributed by atoms with Gasteiger partial charge in [0.05, 0.1) is 13.7 Å². The average Bonchev–Trinajstić information content (AvgIpc) is 2.67. The van der Waals surface area contributed by atoms with Crippen LogP contribution in [0.1, 0.15) is 21.5 Å². The van der Waals surface area contributed by atoms with Crippen LogP contribution in [0.3, 0.4) is 0 Å². The van der Waals surface area contributed by atoms with Gasteiger partial charge >= 0.3 is 0 Å². The molecular weight excluding hydrogens is 356 g/mol. The van der Waals surface area contributed by atoms with Gasteiger partial charge in [-0.2, -0.15) is 0 Å². The number of benzene rings is 2. The fourth-order valence-electron chi connectivity index (χ4n) is 3.39. The van der Waals surface area contributed by atoms with E-state index in [1.54, 1.807) is 55.3 Å². The Bertz CT molecular complexity index is 1060. The smallest absolute Gasteiger partial charge is 0.258 e. The number of hydrogen-bond acceptors (Lipinski definition) is 4. The number of hydrogen-bond donors (Lipinski definition) is 1. The number of ether oxygens (including phenoxy) is 2. The molecule has 1 aromatic heterocycles. The SMILES string of the molecule is COCCn1ccc2c(NC(=O)c3cc(C)c(OC)c(C)c3)cccc2c1=O. The van der Waals surface area contributed by atoms with E-state index in [0.717, 1.165) is 16.9 Å². The molecule has 0 fully saturated rings. The summed E-state index contributed by atoms with van der Waals surface area (Å²) in [4.78, 5) is 25.5. The summed E-state index contributed by atoms with van der Waals surface area (Å²) in [6.07, 6.45) is 1.72. The van der Waals surface area contributed by atoms with E-state index < -0.39 is 0 Å². The molecule has 0 aliphatic carbocycles. The van der Waals surface area contributed by atoms with Crippen molar-refractivity contribution in [2.45, 2.75) is 20.4 Å². The van der Waals surface area contributed by atoms with Gasteiger partial charge in [-0.25, -0.2) is 0 Å². The van der Waals surface area contributed by atoms with E-state index in [-0.39, 0.29) is 11.5 Å². The molecule has 2 aromatic carbocycles. The van der Waals surface area contributed by atoms with E-state index >= 15 is 0 Å². The number of amides is 1. The first-order valence-electron chi connectivity index (χ1n) is 9.04. The molecule has 1 N–H and O–H groups in total. The summed E-state index contributed by atoms with van der Waals surface area (Å²) in [5, 5.41) is 4.19. The molecule has 0 spiro atoms. The summed E-state index contributed by atoms with van der Waals surface area (Å²) in [5.74, 6) is 0.545.